The summed E-state index contributed by atoms with van der Waals surface area (Å²) >= 11 is 0. The van der Waals surface area contributed by atoms with Crippen LogP contribution in [0.1, 0.15) is 38.0 Å². The molecule has 0 bridgehead atoms. The molecule has 3 heteroatoms. The van der Waals surface area contributed by atoms with Gasteiger partial charge in [0.2, 0.25) is 0 Å². The van der Waals surface area contributed by atoms with E-state index in [0.29, 0.717) is 0 Å². The van der Waals surface area contributed by atoms with Crippen LogP contribution in [-0.2, 0) is 4.74 Å². The van der Waals surface area contributed by atoms with Crippen LogP contribution in [0.5, 0.6) is 0 Å². The lowest BCUT2D eigenvalue weighted by Gasteiger charge is -2.23. The summed E-state index contributed by atoms with van der Waals surface area (Å²) in [5.74, 6) is 0.810. The van der Waals surface area contributed by atoms with Gasteiger partial charge >= 0.3 is 0 Å². The van der Waals surface area contributed by atoms with Gasteiger partial charge in [0.15, 0.2) is 0 Å². The standard InChI is InChI=1S/C13H22N2O/c1-11(13-5-3-8-15-13)16-9-6-12-4-2-7-14-10-12/h3,5,8,11-12,14-15H,2,4,6-7,9-10H2,1H3. The van der Waals surface area contributed by atoms with E-state index in [1.807, 2.05) is 12.3 Å². The van der Waals surface area contributed by atoms with E-state index in [2.05, 4.69) is 23.3 Å². The third-order valence-electron chi connectivity index (χ3n) is 3.35. The molecule has 0 amide bonds. The van der Waals surface area contributed by atoms with Crippen molar-refractivity contribution in [2.24, 2.45) is 5.92 Å². The van der Waals surface area contributed by atoms with Crippen LogP contribution in [0.2, 0.25) is 0 Å². The van der Waals surface area contributed by atoms with Crippen molar-refractivity contribution in [3.8, 4) is 0 Å². The Morgan fingerprint density at radius 2 is 2.50 bits per heavy atom. The Kier molecular flexibility index (Phi) is 4.43. The number of piperidine rings is 1. The normalized spacial score (nSPS) is 23.2. The van der Waals surface area contributed by atoms with Gasteiger partial charge in [-0.25, -0.2) is 0 Å². The second-order valence-electron chi connectivity index (χ2n) is 4.64. The fourth-order valence-electron chi connectivity index (χ4n) is 2.27. The number of aromatic amines is 1. The average Bonchev–Trinajstić information content (AvgIpc) is 2.84. The van der Waals surface area contributed by atoms with Crippen LogP contribution in [0, 0.1) is 5.92 Å². The number of hydrogen-bond donors (Lipinski definition) is 2. The Bertz CT molecular complexity index is 278. The molecule has 16 heavy (non-hydrogen) atoms. The first kappa shape index (κ1) is 11.7. The van der Waals surface area contributed by atoms with E-state index in [1.54, 1.807) is 0 Å². The van der Waals surface area contributed by atoms with Crippen molar-refractivity contribution in [3.05, 3.63) is 24.0 Å². The molecule has 1 fully saturated rings. The van der Waals surface area contributed by atoms with E-state index in [9.17, 15) is 0 Å². The number of rotatable bonds is 5. The van der Waals surface area contributed by atoms with Crippen molar-refractivity contribution in [1.29, 1.82) is 0 Å². The lowest BCUT2D eigenvalue weighted by molar-refractivity contribution is 0.0516. The molecule has 90 valence electrons. The van der Waals surface area contributed by atoms with Crippen molar-refractivity contribution < 1.29 is 4.74 Å². The SMILES string of the molecule is CC(OCCC1CCCNC1)c1ccc[nH]1. The van der Waals surface area contributed by atoms with Crippen molar-refractivity contribution in [2.75, 3.05) is 19.7 Å². The first-order valence-electron chi connectivity index (χ1n) is 6.32. The van der Waals surface area contributed by atoms with Gasteiger partial charge in [-0.1, -0.05) is 0 Å². The van der Waals surface area contributed by atoms with Gasteiger partial charge in [0.05, 0.1) is 6.10 Å². The number of H-pyrrole nitrogens is 1. The lowest BCUT2D eigenvalue weighted by atomic mass is 9.97. The van der Waals surface area contributed by atoms with Gasteiger partial charge in [-0.3, -0.25) is 0 Å². The summed E-state index contributed by atoms with van der Waals surface area (Å²) in [4.78, 5) is 3.19. The highest BCUT2D eigenvalue weighted by Gasteiger charge is 2.13. The summed E-state index contributed by atoms with van der Waals surface area (Å²) in [5.41, 5.74) is 1.17. The molecule has 1 aliphatic heterocycles. The van der Waals surface area contributed by atoms with Crippen molar-refractivity contribution in [3.63, 3.8) is 0 Å². The molecule has 1 aromatic rings. The zero-order valence-electron chi connectivity index (χ0n) is 10.0. The van der Waals surface area contributed by atoms with Gasteiger partial charge in [0.1, 0.15) is 0 Å². The van der Waals surface area contributed by atoms with Crippen LogP contribution in [-0.4, -0.2) is 24.7 Å². The topological polar surface area (TPSA) is 37.0 Å². The first-order chi connectivity index (χ1) is 7.86. The molecule has 2 unspecified atom stereocenters. The molecule has 2 N–H and O–H groups in total. The van der Waals surface area contributed by atoms with Crippen LogP contribution in [0.15, 0.2) is 18.3 Å². The number of hydrogen-bond acceptors (Lipinski definition) is 2. The molecule has 2 heterocycles. The molecule has 0 aliphatic carbocycles. The average molecular weight is 222 g/mol. The largest absolute Gasteiger partial charge is 0.372 e. The van der Waals surface area contributed by atoms with Crippen LogP contribution >= 0.6 is 0 Å². The minimum atomic E-state index is 0.187. The molecule has 0 spiro atoms. The van der Waals surface area contributed by atoms with Crippen molar-refractivity contribution in [2.45, 2.75) is 32.3 Å². The second-order valence-corrected chi connectivity index (χ2v) is 4.64. The maximum Gasteiger partial charge on any atom is 0.0944 e. The fraction of sp³-hybridized carbons (Fsp3) is 0.692. The highest BCUT2D eigenvalue weighted by Crippen LogP contribution is 2.18. The quantitative estimate of drug-likeness (QED) is 0.803. The Morgan fingerprint density at radius 1 is 1.56 bits per heavy atom. The van der Waals surface area contributed by atoms with Crippen LogP contribution < -0.4 is 5.32 Å². The highest BCUT2D eigenvalue weighted by molar-refractivity contribution is 5.06. The highest BCUT2D eigenvalue weighted by atomic mass is 16.5. The maximum absolute atomic E-state index is 5.83. The first-order valence-corrected chi connectivity index (χ1v) is 6.32. The Hall–Kier alpha value is -0.800. The van der Waals surface area contributed by atoms with Crippen molar-refractivity contribution >= 4 is 0 Å². The zero-order chi connectivity index (χ0) is 11.2. The third kappa shape index (κ3) is 3.35. The van der Waals surface area contributed by atoms with Gasteiger partial charge in [0.25, 0.3) is 0 Å². The van der Waals surface area contributed by atoms with Gasteiger partial charge in [-0.05, 0) is 57.3 Å². The summed E-state index contributed by atoms with van der Waals surface area (Å²) in [6, 6.07) is 4.09. The zero-order valence-corrected chi connectivity index (χ0v) is 10.0. The maximum atomic E-state index is 5.83. The molecule has 2 atom stereocenters. The van der Waals surface area contributed by atoms with E-state index in [-0.39, 0.29) is 6.10 Å². The van der Waals surface area contributed by atoms with E-state index in [4.69, 9.17) is 4.74 Å². The van der Waals surface area contributed by atoms with Gasteiger partial charge in [0, 0.05) is 18.5 Å². The molecular formula is C13H22N2O. The van der Waals surface area contributed by atoms with Crippen LogP contribution in [0.25, 0.3) is 0 Å². The van der Waals surface area contributed by atoms with Crippen LogP contribution in [0.3, 0.4) is 0 Å². The molecule has 1 aromatic heterocycles. The predicted molar refractivity (Wildman–Crippen MR) is 65.4 cm³/mol. The summed E-state index contributed by atoms with van der Waals surface area (Å²) in [5, 5.41) is 3.44. The molecule has 0 aromatic carbocycles. The Balaban J connectivity index is 1.63. The Morgan fingerprint density at radius 3 is 3.19 bits per heavy atom. The third-order valence-corrected chi connectivity index (χ3v) is 3.35. The van der Waals surface area contributed by atoms with Crippen LogP contribution in [0.4, 0.5) is 0 Å². The predicted octanol–water partition coefficient (Wildman–Crippen LogP) is 2.48. The molecule has 0 radical (unpaired) electrons. The molecule has 3 nitrogen and oxygen atoms in total. The molecule has 0 saturated carbocycles. The monoisotopic (exact) mass is 222 g/mol. The molecule has 1 aliphatic rings. The molecule has 1 saturated heterocycles. The summed E-state index contributed by atoms with van der Waals surface area (Å²) in [6.07, 6.45) is 5.98. The van der Waals surface area contributed by atoms with E-state index in [0.717, 1.165) is 12.5 Å². The number of ether oxygens (including phenoxy) is 1. The minimum Gasteiger partial charge on any atom is -0.372 e. The van der Waals surface area contributed by atoms with Gasteiger partial charge < -0.3 is 15.0 Å². The van der Waals surface area contributed by atoms with Gasteiger partial charge in [-0.15, -0.1) is 0 Å². The smallest absolute Gasteiger partial charge is 0.0944 e. The summed E-state index contributed by atoms with van der Waals surface area (Å²) < 4.78 is 5.83. The van der Waals surface area contributed by atoms with E-state index >= 15 is 0 Å². The number of aromatic nitrogens is 1. The number of nitrogens with one attached hydrogen (secondary N) is 2. The summed E-state index contributed by atoms with van der Waals surface area (Å²) in [6.45, 7) is 5.33. The summed E-state index contributed by atoms with van der Waals surface area (Å²) in [7, 11) is 0. The van der Waals surface area contributed by atoms with E-state index < -0.39 is 0 Å². The molecule has 2 rings (SSSR count). The second kappa shape index (κ2) is 6.06. The minimum absolute atomic E-state index is 0.187. The van der Waals surface area contributed by atoms with Crippen molar-refractivity contribution in [1.82, 2.24) is 10.3 Å². The molecular weight excluding hydrogens is 200 g/mol. The fourth-order valence-corrected chi connectivity index (χ4v) is 2.27. The van der Waals surface area contributed by atoms with Gasteiger partial charge in [-0.2, -0.15) is 0 Å². The Labute approximate surface area is 97.6 Å². The van der Waals surface area contributed by atoms with E-state index in [1.165, 1.54) is 38.0 Å². The lowest BCUT2D eigenvalue weighted by Crippen LogP contribution is -2.30.